The molecule has 21 heavy (non-hydrogen) atoms. The van der Waals surface area contributed by atoms with Crippen molar-refractivity contribution in [1.82, 2.24) is 0 Å². The van der Waals surface area contributed by atoms with Crippen molar-refractivity contribution >= 4 is 33.3 Å². The number of rotatable bonds is 5. The van der Waals surface area contributed by atoms with Crippen molar-refractivity contribution in [2.75, 3.05) is 6.61 Å². The van der Waals surface area contributed by atoms with Crippen LogP contribution in [0.3, 0.4) is 0 Å². The van der Waals surface area contributed by atoms with Crippen LogP contribution in [0.5, 0.6) is 0 Å². The molecule has 0 spiro atoms. The molecule has 0 radical (unpaired) electrons. The highest BCUT2D eigenvalue weighted by molar-refractivity contribution is 7.86. The lowest BCUT2D eigenvalue weighted by Crippen LogP contribution is -2.13. The standard InChI is InChI=1S/C14H12Cl2O4S/c15-11-4-6-13(7-5-11)21(18,19)20-9-14(17)10-2-1-3-12(16)8-10/h1-8,14,17H,9H2/t14-/m0/s1. The normalized spacial score (nSPS) is 13.1. The smallest absolute Gasteiger partial charge is 0.297 e. The first-order valence-corrected chi connectivity index (χ1v) is 8.13. The molecule has 2 rings (SSSR count). The number of halogens is 2. The van der Waals surface area contributed by atoms with E-state index in [1.165, 1.54) is 24.3 Å². The second-order valence-corrected chi connectivity index (χ2v) is 6.75. The average Bonchev–Trinajstić information content (AvgIpc) is 2.45. The van der Waals surface area contributed by atoms with Gasteiger partial charge in [0.15, 0.2) is 0 Å². The number of hydrogen-bond donors (Lipinski definition) is 1. The van der Waals surface area contributed by atoms with Crippen molar-refractivity contribution in [3.8, 4) is 0 Å². The summed E-state index contributed by atoms with van der Waals surface area (Å²) < 4.78 is 28.7. The molecule has 1 N–H and O–H groups in total. The van der Waals surface area contributed by atoms with Gasteiger partial charge < -0.3 is 5.11 Å². The molecule has 0 aromatic heterocycles. The van der Waals surface area contributed by atoms with Gasteiger partial charge in [0.1, 0.15) is 6.10 Å². The fraction of sp³-hybridized carbons (Fsp3) is 0.143. The Balaban J connectivity index is 2.06. The summed E-state index contributed by atoms with van der Waals surface area (Å²) in [6.07, 6.45) is -1.09. The lowest BCUT2D eigenvalue weighted by atomic mass is 10.1. The summed E-state index contributed by atoms with van der Waals surface area (Å²) >= 11 is 11.5. The summed E-state index contributed by atoms with van der Waals surface area (Å²) in [4.78, 5) is -0.0230. The zero-order valence-corrected chi connectivity index (χ0v) is 13.1. The Kier molecular flexibility index (Phi) is 5.24. The number of hydrogen-bond acceptors (Lipinski definition) is 4. The Bertz CT molecular complexity index is 714. The Labute approximate surface area is 133 Å². The molecule has 0 saturated carbocycles. The van der Waals surface area contributed by atoms with Crippen molar-refractivity contribution in [1.29, 1.82) is 0 Å². The molecule has 2 aromatic rings. The zero-order chi connectivity index (χ0) is 15.5. The highest BCUT2D eigenvalue weighted by Crippen LogP contribution is 2.21. The van der Waals surface area contributed by atoms with Crippen molar-refractivity contribution in [2.45, 2.75) is 11.0 Å². The first kappa shape index (κ1) is 16.3. The molecule has 0 aliphatic carbocycles. The monoisotopic (exact) mass is 346 g/mol. The van der Waals surface area contributed by atoms with Gasteiger partial charge in [0, 0.05) is 10.0 Å². The molecular weight excluding hydrogens is 335 g/mol. The van der Waals surface area contributed by atoms with Crippen molar-refractivity contribution in [2.24, 2.45) is 0 Å². The van der Waals surface area contributed by atoms with Gasteiger partial charge in [0.05, 0.1) is 11.5 Å². The summed E-state index contributed by atoms with van der Waals surface area (Å²) in [5.41, 5.74) is 0.480. The van der Waals surface area contributed by atoms with Crippen LogP contribution < -0.4 is 0 Å². The Morgan fingerprint density at radius 1 is 1.05 bits per heavy atom. The average molecular weight is 347 g/mol. The first-order chi connectivity index (χ1) is 9.88. The Hall–Kier alpha value is -1.11. The summed E-state index contributed by atoms with van der Waals surface area (Å²) in [6, 6.07) is 12.1. The van der Waals surface area contributed by atoms with E-state index in [0.29, 0.717) is 15.6 Å². The van der Waals surface area contributed by atoms with Gasteiger partial charge in [-0.1, -0.05) is 35.3 Å². The van der Waals surface area contributed by atoms with Crippen LogP contribution in [0.25, 0.3) is 0 Å². The fourth-order valence-electron chi connectivity index (χ4n) is 1.63. The van der Waals surface area contributed by atoms with E-state index in [4.69, 9.17) is 27.4 Å². The molecule has 0 aliphatic heterocycles. The van der Waals surface area contributed by atoms with E-state index < -0.39 is 22.8 Å². The molecule has 7 heteroatoms. The van der Waals surface area contributed by atoms with Crippen LogP contribution in [-0.2, 0) is 14.3 Å². The molecule has 4 nitrogen and oxygen atoms in total. The first-order valence-electron chi connectivity index (χ1n) is 5.97. The third-order valence-electron chi connectivity index (χ3n) is 2.72. The maximum atomic E-state index is 11.9. The van der Waals surface area contributed by atoms with Crippen LogP contribution in [0.15, 0.2) is 53.4 Å². The van der Waals surface area contributed by atoms with Crippen molar-refractivity contribution in [3.63, 3.8) is 0 Å². The minimum atomic E-state index is -3.94. The summed E-state index contributed by atoms with van der Waals surface area (Å²) in [7, 11) is -3.94. The minimum absolute atomic E-state index is 0.0230. The van der Waals surface area contributed by atoms with Gasteiger partial charge in [-0.15, -0.1) is 0 Å². The maximum Gasteiger partial charge on any atom is 0.297 e. The third-order valence-corrected chi connectivity index (χ3v) is 4.50. The number of aliphatic hydroxyl groups is 1. The highest BCUT2D eigenvalue weighted by Gasteiger charge is 2.18. The molecule has 0 saturated heterocycles. The van der Waals surface area contributed by atoms with E-state index in [9.17, 15) is 13.5 Å². The van der Waals surface area contributed by atoms with Gasteiger partial charge in [-0.25, -0.2) is 0 Å². The van der Waals surface area contributed by atoms with E-state index in [2.05, 4.69) is 0 Å². The van der Waals surface area contributed by atoms with Crippen LogP contribution in [0.1, 0.15) is 11.7 Å². The van der Waals surface area contributed by atoms with Gasteiger partial charge in [-0.3, -0.25) is 4.18 Å². The van der Waals surface area contributed by atoms with Gasteiger partial charge in [-0.05, 0) is 42.0 Å². The number of benzene rings is 2. The molecule has 0 amide bonds. The molecule has 0 fully saturated rings. The summed E-state index contributed by atoms with van der Waals surface area (Å²) in [5, 5.41) is 10.8. The SMILES string of the molecule is O=S(=O)(OC[C@H](O)c1cccc(Cl)c1)c1ccc(Cl)cc1. The van der Waals surface area contributed by atoms with Crippen molar-refractivity contribution < 1.29 is 17.7 Å². The van der Waals surface area contributed by atoms with Gasteiger partial charge in [0.2, 0.25) is 0 Å². The molecule has 112 valence electrons. The van der Waals surface area contributed by atoms with Crippen molar-refractivity contribution in [3.05, 3.63) is 64.1 Å². The summed E-state index contributed by atoms with van der Waals surface area (Å²) in [6.45, 7) is -0.398. The quantitative estimate of drug-likeness (QED) is 0.842. The predicted octanol–water partition coefficient (Wildman–Crippen LogP) is 3.43. The van der Waals surface area contributed by atoms with Gasteiger partial charge in [-0.2, -0.15) is 8.42 Å². The fourth-order valence-corrected chi connectivity index (χ4v) is 2.87. The molecule has 0 bridgehead atoms. The van der Waals surface area contributed by atoms with Crippen LogP contribution in [-0.4, -0.2) is 20.1 Å². The third kappa shape index (κ3) is 4.43. The second-order valence-electron chi connectivity index (χ2n) is 4.26. The van der Waals surface area contributed by atoms with E-state index in [1.807, 2.05) is 0 Å². The Morgan fingerprint density at radius 2 is 1.71 bits per heavy atom. The molecule has 2 aromatic carbocycles. The molecule has 0 unspecified atom stereocenters. The lowest BCUT2D eigenvalue weighted by Gasteiger charge is -2.12. The van der Waals surface area contributed by atoms with Crippen LogP contribution >= 0.6 is 23.2 Å². The van der Waals surface area contributed by atoms with E-state index >= 15 is 0 Å². The lowest BCUT2D eigenvalue weighted by molar-refractivity contribution is 0.111. The van der Waals surface area contributed by atoms with E-state index in [0.717, 1.165) is 0 Å². The molecule has 0 aliphatic rings. The topological polar surface area (TPSA) is 63.6 Å². The van der Waals surface area contributed by atoms with Gasteiger partial charge in [0.25, 0.3) is 10.1 Å². The predicted molar refractivity (Wildman–Crippen MR) is 81.0 cm³/mol. The molecular formula is C14H12Cl2O4S. The second kappa shape index (κ2) is 6.77. The summed E-state index contributed by atoms with van der Waals surface area (Å²) in [5.74, 6) is 0. The Morgan fingerprint density at radius 3 is 2.33 bits per heavy atom. The largest absolute Gasteiger partial charge is 0.386 e. The van der Waals surface area contributed by atoms with Crippen LogP contribution in [0.4, 0.5) is 0 Å². The molecule has 1 atom stereocenters. The minimum Gasteiger partial charge on any atom is -0.386 e. The zero-order valence-electron chi connectivity index (χ0n) is 10.7. The maximum absolute atomic E-state index is 11.9. The highest BCUT2D eigenvalue weighted by atomic mass is 35.5. The van der Waals surface area contributed by atoms with Gasteiger partial charge >= 0.3 is 0 Å². The van der Waals surface area contributed by atoms with Crippen LogP contribution in [0, 0.1) is 0 Å². The van der Waals surface area contributed by atoms with E-state index in [-0.39, 0.29) is 4.90 Å². The number of aliphatic hydroxyl groups excluding tert-OH is 1. The van der Waals surface area contributed by atoms with Crippen LogP contribution in [0.2, 0.25) is 10.0 Å². The van der Waals surface area contributed by atoms with E-state index in [1.54, 1.807) is 24.3 Å². The molecule has 0 heterocycles.